The van der Waals surface area contributed by atoms with E-state index < -0.39 is 9.84 Å². The lowest BCUT2D eigenvalue weighted by Crippen LogP contribution is -2.48. The number of nitrogens with two attached hydrogens (primary N) is 1. The van der Waals surface area contributed by atoms with Gasteiger partial charge in [0.25, 0.3) is 0 Å². The number of carbonyl (C=O) groups excluding carboxylic acids is 1. The number of amides is 1. The van der Waals surface area contributed by atoms with Gasteiger partial charge in [-0.25, -0.2) is 8.42 Å². The SMILES string of the molecule is C[C@H]1C[C@H](N)CCN1C(=O)CCCCOc1ccc(S(C)(=O)=O)cc1. The molecule has 2 atom stereocenters. The summed E-state index contributed by atoms with van der Waals surface area (Å²) in [5, 5.41) is 0. The summed E-state index contributed by atoms with van der Waals surface area (Å²) in [4.78, 5) is 14.5. The predicted octanol–water partition coefficient (Wildman–Crippen LogP) is 1.98. The second-order valence-corrected chi connectivity index (χ2v) is 8.79. The van der Waals surface area contributed by atoms with Gasteiger partial charge in [0.05, 0.1) is 11.5 Å². The first-order valence-corrected chi connectivity index (χ1v) is 10.6. The minimum atomic E-state index is -3.18. The van der Waals surface area contributed by atoms with Crippen LogP contribution in [0.2, 0.25) is 0 Å². The van der Waals surface area contributed by atoms with Gasteiger partial charge in [0.2, 0.25) is 5.91 Å². The fourth-order valence-corrected chi connectivity index (χ4v) is 3.70. The minimum absolute atomic E-state index is 0.192. The first-order chi connectivity index (χ1) is 11.8. The first-order valence-electron chi connectivity index (χ1n) is 8.75. The molecule has 0 saturated carbocycles. The summed E-state index contributed by atoms with van der Waals surface area (Å²) in [5.41, 5.74) is 5.93. The van der Waals surface area contributed by atoms with E-state index in [2.05, 4.69) is 6.92 Å². The molecular formula is C18H28N2O4S. The van der Waals surface area contributed by atoms with Crippen molar-refractivity contribution in [1.29, 1.82) is 0 Å². The highest BCUT2D eigenvalue weighted by Gasteiger charge is 2.26. The third kappa shape index (κ3) is 6.01. The second kappa shape index (κ2) is 8.67. The number of piperidine rings is 1. The van der Waals surface area contributed by atoms with Gasteiger partial charge in [-0.15, -0.1) is 0 Å². The highest BCUT2D eigenvalue weighted by atomic mass is 32.2. The highest BCUT2D eigenvalue weighted by molar-refractivity contribution is 7.90. The summed E-state index contributed by atoms with van der Waals surface area (Å²) in [5.74, 6) is 0.828. The molecule has 1 amide bonds. The fourth-order valence-electron chi connectivity index (χ4n) is 3.07. The zero-order valence-electron chi connectivity index (χ0n) is 15.0. The van der Waals surface area contributed by atoms with Crippen LogP contribution in [-0.4, -0.2) is 50.7 Å². The Morgan fingerprint density at radius 3 is 2.56 bits per heavy atom. The summed E-state index contributed by atoms with van der Waals surface area (Å²) >= 11 is 0. The van der Waals surface area contributed by atoms with Crippen LogP contribution in [0.25, 0.3) is 0 Å². The van der Waals surface area contributed by atoms with Gasteiger partial charge in [-0.3, -0.25) is 4.79 Å². The van der Waals surface area contributed by atoms with E-state index in [4.69, 9.17) is 10.5 Å². The van der Waals surface area contributed by atoms with Crippen molar-refractivity contribution >= 4 is 15.7 Å². The number of sulfone groups is 1. The maximum atomic E-state index is 12.3. The van der Waals surface area contributed by atoms with Crippen LogP contribution in [0.5, 0.6) is 5.75 Å². The van der Waals surface area contributed by atoms with Gasteiger partial charge < -0.3 is 15.4 Å². The molecule has 2 N–H and O–H groups in total. The number of hydrogen-bond donors (Lipinski definition) is 1. The minimum Gasteiger partial charge on any atom is -0.494 e. The molecule has 0 bridgehead atoms. The molecular weight excluding hydrogens is 340 g/mol. The molecule has 1 aliphatic heterocycles. The lowest BCUT2D eigenvalue weighted by Gasteiger charge is -2.36. The van der Waals surface area contributed by atoms with Crippen LogP contribution in [0.3, 0.4) is 0 Å². The maximum Gasteiger partial charge on any atom is 0.222 e. The Morgan fingerprint density at radius 2 is 1.96 bits per heavy atom. The topological polar surface area (TPSA) is 89.7 Å². The highest BCUT2D eigenvalue weighted by Crippen LogP contribution is 2.18. The lowest BCUT2D eigenvalue weighted by molar-refractivity contribution is -0.134. The van der Waals surface area contributed by atoms with E-state index in [9.17, 15) is 13.2 Å². The molecule has 1 aliphatic rings. The molecule has 7 heteroatoms. The molecule has 0 spiro atoms. The Morgan fingerprint density at radius 1 is 1.28 bits per heavy atom. The summed E-state index contributed by atoms with van der Waals surface area (Å²) in [6.45, 7) is 3.32. The quantitative estimate of drug-likeness (QED) is 0.743. The standard InChI is InChI=1S/C18H28N2O4S/c1-14-13-15(19)10-11-20(14)18(21)5-3-4-12-24-16-6-8-17(9-7-16)25(2,22)23/h6-9,14-15H,3-5,10-13,19H2,1-2H3/t14-,15+/m0/s1. The van der Waals surface area contributed by atoms with E-state index in [-0.39, 0.29) is 22.9 Å². The number of ether oxygens (including phenoxy) is 1. The molecule has 6 nitrogen and oxygen atoms in total. The van der Waals surface area contributed by atoms with Crippen LogP contribution in [0, 0.1) is 0 Å². The molecule has 1 heterocycles. The van der Waals surface area contributed by atoms with E-state index in [1.54, 1.807) is 12.1 Å². The van der Waals surface area contributed by atoms with Crippen molar-refractivity contribution < 1.29 is 17.9 Å². The monoisotopic (exact) mass is 368 g/mol. The zero-order valence-corrected chi connectivity index (χ0v) is 15.8. The molecule has 0 radical (unpaired) electrons. The Bertz CT molecular complexity index is 673. The smallest absolute Gasteiger partial charge is 0.222 e. The number of hydrogen-bond acceptors (Lipinski definition) is 5. The summed E-state index contributed by atoms with van der Waals surface area (Å²) in [6.07, 6.45) is 5.00. The fraction of sp³-hybridized carbons (Fsp3) is 0.611. The van der Waals surface area contributed by atoms with Crippen LogP contribution in [0.4, 0.5) is 0 Å². The van der Waals surface area contributed by atoms with Gasteiger partial charge in [0.15, 0.2) is 9.84 Å². The van der Waals surface area contributed by atoms with Crippen molar-refractivity contribution in [2.75, 3.05) is 19.4 Å². The largest absolute Gasteiger partial charge is 0.494 e. The van der Waals surface area contributed by atoms with Gasteiger partial charge in [-0.2, -0.15) is 0 Å². The summed E-state index contributed by atoms with van der Waals surface area (Å²) < 4.78 is 28.4. The molecule has 0 aromatic heterocycles. The first kappa shape index (κ1) is 19.7. The lowest BCUT2D eigenvalue weighted by atomic mass is 9.98. The van der Waals surface area contributed by atoms with Gasteiger partial charge >= 0.3 is 0 Å². The molecule has 1 fully saturated rings. The van der Waals surface area contributed by atoms with Gasteiger partial charge in [0, 0.05) is 31.3 Å². The third-order valence-electron chi connectivity index (χ3n) is 4.54. The molecule has 0 aliphatic carbocycles. The van der Waals surface area contributed by atoms with Crippen LogP contribution < -0.4 is 10.5 Å². The summed E-state index contributed by atoms with van der Waals surface area (Å²) in [6, 6.07) is 6.82. The van der Waals surface area contributed by atoms with Crippen molar-refractivity contribution in [3.63, 3.8) is 0 Å². The van der Waals surface area contributed by atoms with E-state index in [0.29, 0.717) is 18.8 Å². The average Bonchev–Trinajstić information content (AvgIpc) is 2.54. The Hall–Kier alpha value is -1.60. The second-order valence-electron chi connectivity index (χ2n) is 6.77. The Balaban J connectivity index is 1.67. The molecule has 1 saturated heterocycles. The van der Waals surface area contributed by atoms with E-state index in [1.165, 1.54) is 18.4 Å². The number of carbonyl (C=O) groups is 1. The van der Waals surface area contributed by atoms with Gasteiger partial charge in [-0.1, -0.05) is 0 Å². The molecule has 25 heavy (non-hydrogen) atoms. The predicted molar refractivity (Wildman–Crippen MR) is 97.3 cm³/mol. The van der Waals surface area contributed by atoms with Crippen LogP contribution in [0.1, 0.15) is 39.0 Å². The summed E-state index contributed by atoms with van der Waals surface area (Å²) in [7, 11) is -3.18. The zero-order chi connectivity index (χ0) is 18.4. The van der Waals surface area contributed by atoms with Gasteiger partial charge in [0.1, 0.15) is 5.75 Å². The number of benzene rings is 1. The molecule has 1 aromatic rings. The normalized spacial score (nSPS) is 21.2. The average molecular weight is 368 g/mol. The van der Waals surface area contributed by atoms with E-state index in [0.717, 1.165) is 32.2 Å². The third-order valence-corrected chi connectivity index (χ3v) is 5.67. The van der Waals surface area contributed by atoms with Crippen molar-refractivity contribution in [1.82, 2.24) is 4.90 Å². The van der Waals surface area contributed by atoms with Crippen molar-refractivity contribution in [2.24, 2.45) is 5.73 Å². The van der Waals surface area contributed by atoms with Crippen molar-refractivity contribution in [3.05, 3.63) is 24.3 Å². The van der Waals surface area contributed by atoms with Crippen LogP contribution >= 0.6 is 0 Å². The van der Waals surface area contributed by atoms with Crippen LogP contribution in [0.15, 0.2) is 29.2 Å². The molecule has 0 unspecified atom stereocenters. The van der Waals surface area contributed by atoms with E-state index >= 15 is 0 Å². The number of likely N-dealkylation sites (tertiary alicyclic amines) is 1. The Kier molecular flexibility index (Phi) is 6.84. The number of rotatable bonds is 7. The Labute approximate surface area is 150 Å². The maximum absolute atomic E-state index is 12.3. The van der Waals surface area contributed by atoms with E-state index in [1.807, 2.05) is 4.90 Å². The molecule has 140 valence electrons. The van der Waals surface area contributed by atoms with Gasteiger partial charge in [-0.05, 0) is 56.9 Å². The molecule has 2 rings (SSSR count). The number of nitrogens with zero attached hydrogens (tertiary/aromatic N) is 1. The van der Waals surface area contributed by atoms with Crippen molar-refractivity contribution in [3.8, 4) is 5.75 Å². The molecule has 1 aromatic carbocycles. The van der Waals surface area contributed by atoms with Crippen molar-refractivity contribution in [2.45, 2.75) is 56.0 Å². The van der Waals surface area contributed by atoms with Crippen LogP contribution in [-0.2, 0) is 14.6 Å². The number of unbranched alkanes of at least 4 members (excludes halogenated alkanes) is 1.